The number of rotatable bonds is 7. The minimum Gasteiger partial charge on any atom is -0.480 e. The van der Waals surface area contributed by atoms with Crippen molar-refractivity contribution in [2.45, 2.75) is 30.7 Å². The van der Waals surface area contributed by atoms with Crippen molar-refractivity contribution in [3.05, 3.63) is 29.8 Å². The molecule has 0 unspecified atom stereocenters. The van der Waals surface area contributed by atoms with Gasteiger partial charge in [0.1, 0.15) is 6.04 Å². The molecule has 0 aliphatic carbocycles. The zero-order valence-corrected chi connectivity index (χ0v) is 13.0. The van der Waals surface area contributed by atoms with Crippen LogP contribution >= 0.6 is 0 Å². The molecule has 6 N–H and O–H groups in total. The molecule has 8 nitrogen and oxygen atoms in total. The summed E-state index contributed by atoms with van der Waals surface area (Å²) in [6, 6.07) is 5.08. The average molecular weight is 328 g/mol. The number of benzene rings is 1. The van der Waals surface area contributed by atoms with Gasteiger partial charge >= 0.3 is 5.97 Å². The van der Waals surface area contributed by atoms with E-state index >= 15 is 0 Å². The Morgan fingerprint density at radius 1 is 1.36 bits per heavy atom. The molecule has 1 aromatic carbocycles. The van der Waals surface area contributed by atoms with E-state index in [1.807, 2.05) is 6.92 Å². The van der Waals surface area contributed by atoms with Gasteiger partial charge in [-0.2, -0.15) is 0 Å². The summed E-state index contributed by atoms with van der Waals surface area (Å²) in [5.74, 6) is -1.78. The second-order valence-corrected chi connectivity index (χ2v) is 6.72. The highest BCUT2D eigenvalue weighted by atomic mass is 32.2. The molecule has 0 spiro atoms. The van der Waals surface area contributed by atoms with Gasteiger partial charge in [0.25, 0.3) is 10.0 Å². The van der Waals surface area contributed by atoms with Crippen LogP contribution in [0.2, 0.25) is 0 Å². The van der Waals surface area contributed by atoms with Crippen LogP contribution in [0, 0.1) is 12.3 Å². The number of carbonyl (C=O) groups is 1. The van der Waals surface area contributed by atoms with Crippen LogP contribution in [-0.2, 0) is 14.8 Å². The number of nitrogens with two attached hydrogens (primary N) is 2. The molecule has 0 saturated carbocycles. The van der Waals surface area contributed by atoms with Gasteiger partial charge in [0.15, 0.2) is 0 Å². The third-order valence-electron chi connectivity index (χ3n) is 3.07. The van der Waals surface area contributed by atoms with E-state index in [0.717, 1.165) is 9.87 Å². The van der Waals surface area contributed by atoms with Crippen LogP contribution in [-0.4, -0.2) is 42.3 Å². The van der Waals surface area contributed by atoms with E-state index in [4.69, 9.17) is 22.0 Å². The number of aliphatic carboxylic acids is 1. The van der Waals surface area contributed by atoms with E-state index in [1.165, 1.54) is 12.1 Å². The average Bonchev–Trinajstić information content (AvgIpc) is 2.42. The summed E-state index contributed by atoms with van der Waals surface area (Å²) in [6.45, 7) is 1.72. The Kier molecular flexibility index (Phi) is 5.89. The lowest BCUT2D eigenvalue weighted by Crippen LogP contribution is -2.42. The van der Waals surface area contributed by atoms with Crippen molar-refractivity contribution in [1.82, 2.24) is 4.31 Å². The molecule has 122 valence electrons. The third kappa shape index (κ3) is 4.43. The maximum absolute atomic E-state index is 12.5. The Morgan fingerprint density at radius 2 is 1.91 bits per heavy atom. The maximum atomic E-state index is 12.5. The van der Waals surface area contributed by atoms with Gasteiger partial charge in [0, 0.05) is 6.54 Å². The maximum Gasteiger partial charge on any atom is 0.320 e. The van der Waals surface area contributed by atoms with Crippen molar-refractivity contribution in [1.29, 1.82) is 5.41 Å². The molecule has 0 aromatic heterocycles. The highest BCUT2D eigenvalue weighted by Crippen LogP contribution is 2.17. The van der Waals surface area contributed by atoms with Gasteiger partial charge in [-0.3, -0.25) is 10.2 Å². The van der Waals surface area contributed by atoms with E-state index < -0.39 is 28.0 Å². The quantitative estimate of drug-likeness (QED) is 0.411. The molecule has 0 saturated heterocycles. The SMILES string of the molecule is Cc1ccc(S(=O)(=O)N(CCC[C@@H](N)C(=O)O)C(=N)N)cc1. The van der Waals surface area contributed by atoms with Crippen molar-refractivity contribution in [3.63, 3.8) is 0 Å². The van der Waals surface area contributed by atoms with Gasteiger partial charge < -0.3 is 16.6 Å². The summed E-state index contributed by atoms with van der Waals surface area (Å²) in [6.07, 6.45) is 0.265. The molecule has 1 atom stereocenters. The van der Waals surface area contributed by atoms with E-state index in [9.17, 15) is 13.2 Å². The summed E-state index contributed by atoms with van der Waals surface area (Å²) in [5.41, 5.74) is 11.6. The normalized spacial score (nSPS) is 12.6. The van der Waals surface area contributed by atoms with Crippen molar-refractivity contribution < 1.29 is 18.3 Å². The standard InChI is InChI=1S/C13H20N4O4S/c1-9-4-6-10(7-5-9)22(20,21)17(13(15)16)8-2-3-11(14)12(18)19/h4-7,11H,2-3,8,14H2,1H3,(H3,15,16)(H,18,19)/t11-/m1/s1. The summed E-state index contributed by atoms with van der Waals surface area (Å²) in [5, 5.41) is 16.1. The number of nitrogens with zero attached hydrogens (tertiary/aromatic N) is 1. The van der Waals surface area contributed by atoms with Crippen LogP contribution in [0.3, 0.4) is 0 Å². The fraction of sp³-hybridized carbons (Fsp3) is 0.385. The van der Waals surface area contributed by atoms with E-state index in [0.29, 0.717) is 0 Å². The molecule has 0 aliphatic rings. The van der Waals surface area contributed by atoms with Gasteiger partial charge in [0.2, 0.25) is 5.96 Å². The first kappa shape index (κ1) is 17.9. The molecular weight excluding hydrogens is 308 g/mol. The summed E-state index contributed by atoms with van der Waals surface area (Å²) in [7, 11) is -3.94. The monoisotopic (exact) mass is 328 g/mol. The second kappa shape index (κ2) is 7.23. The van der Waals surface area contributed by atoms with Crippen molar-refractivity contribution in [2.75, 3.05) is 6.54 Å². The molecule has 0 amide bonds. The fourth-order valence-electron chi connectivity index (χ4n) is 1.79. The molecule has 1 aromatic rings. The Hall–Kier alpha value is -2.13. The Balaban J connectivity index is 2.88. The largest absolute Gasteiger partial charge is 0.480 e. The zero-order valence-electron chi connectivity index (χ0n) is 12.2. The van der Waals surface area contributed by atoms with Crippen molar-refractivity contribution >= 4 is 22.0 Å². The zero-order chi connectivity index (χ0) is 16.9. The first-order valence-electron chi connectivity index (χ1n) is 6.58. The van der Waals surface area contributed by atoms with Crippen LogP contribution in [0.15, 0.2) is 29.2 Å². The lowest BCUT2D eigenvalue weighted by atomic mass is 10.2. The Morgan fingerprint density at radius 3 is 2.36 bits per heavy atom. The summed E-state index contributed by atoms with van der Waals surface area (Å²) < 4.78 is 25.6. The highest BCUT2D eigenvalue weighted by molar-refractivity contribution is 7.89. The van der Waals surface area contributed by atoms with Crippen LogP contribution in [0.25, 0.3) is 0 Å². The van der Waals surface area contributed by atoms with Crippen LogP contribution in [0.5, 0.6) is 0 Å². The summed E-state index contributed by atoms with van der Waals surface area (Å²) >= 11 is 0. The molecule has 0 fully saturated rings. The topological polar surface area (TPSA) is 151 Å². The van der Waals surface area contributed by atoms with E-state index in [-0.39, 0.29) is 24.3 Å². The van der Waals surface area contributed by atoms with E-state index in [2.05, 4.69) is 0 Å². The van der Waals surface area contributed by atoms with Crippen LogP contribution < -0.4 is 11.5 Å². The van der Waals surface area contributed by atoms with Gasteiger partial charge in [-0.15, -0.1) is 0 Å². The van der Waals surface area contributed by atoms with Crippen molar-refractivity contribution in [3.8, 4) is 0 Å². The van der Waals surface area contributed by atoms with Gasteiger partial charge in [-0.05, 0) is 31.9 Å². The number of sulfonamides is 1. The van der Waals surface area contributed by atoms with Gasteiger partial charge in [-0.25, -0.2) is 12.7 Å². The number of hydrogen-bond donors (Lipinski definition) is 4. The Labute approximate surface area is 129 Å². The molecule has 1 rings (SSSR count). The number of aryl methyl sites for hydroxylation is 1. The second-order valence-electron chi connectivity index (χ2n) is 4.86. The minimum atomic E-state index is -3.94. The fourth-order valence-corrected chi connectivity index (χ4v) is 3.15. The van der Waals surface area contributed by atoms with Crippen LogP contribution in [0.4, 0.5) is 0 Å². The molecule has 0 radical (unpaired) electrons. The number of carboxylic acid groups (broad SMARTS) is 1. The number of guanidine groups is 1. The number of hydrogen-bond acceptors (Lipinski definition) is 5. The molecule has 0 heterocycles. The predicted octanol–water partition coefficient (Wildman–Crippen LogP) is 0.0713. The van der Waals surface area contributed by atoms with Gasteiger partial charge in [0.05, 0.1) is 4.90 Å². The predicted molar refractivity (Wildman–Crippen MR) is 81.8 cm³/mol. The van der Waals surface area contributed by atoms with Crippen LogP contribution in [0.1, 0.15) is 18.4 Å². The summed E-state index contributed by atoms with van der Waals surface area (Å²) in [4.78, 5) is 10.7. The third-order valence-corrected chi connectivity index (χ3v) is 4.90. The minimum absolute atomic E-state index is 0.0239. The lowest BCUT2D eigenvalue weighted by molar-refractivity contribution is -0.138. The highest BCUT2D eigenvalue weighted by Gasteiger charge is 2.25. The molecule has 9 heteroatoms. The van der Waals surface area contributed by atoms with Gasteiger partial charge in [-0.1, -0.05) is 17.7 Å². The first-order valence-corrected chi connectivity index (χ1v) is 8.02. The molecule has 0 aliphatic heterocycles. The lowest BCUT2D eigenvalue weighted by Gasteiger charge is -2.22. The van der Waals surface area contributed by atoms with Crippen molar-refractivity contribution in [2.24, 2.45) is 11.5 Å². The van der Waals surface area contributed by atoms with E-state index in [1.54, 1.807) is 12.1 Å². The number of nitrogens with one attached hydrogen (secondary N) is 1. The Bertz CT molecular complexity index is 643. The first-order chi connectivity index (χ1) is 10.2. The molecular formula is C13H20N4O4S. The number of carboxylic acids is 1. The smallest absolute Gasteiger partial charge is 0.320 e. The molecule has 0 bridgehead atoms. The molecule has 22 heavy (non-hydrogen) atoms.